The van der Waals surface area contributed by atoms with Gasteiger partial charge in [-0.2, -0.15) is 0 Å². The second kappa shape index (κ2) is 6.92. The third-order valence-corrected chi connectivity index (χ3v) is 4.94. The topological polar surface area (TPSA) is 79.4 Å². The van der Waals surface area contributed by atoms with E-state index < -0.39 is 5.41 Å². The fourth-order valence-corrected chi connectivity index (χ4v) is 3.30. The predicted octanol–water partition coefficient (Wildman–Crippen LogP) is 3.41. The number of nitrogens with one attached hydrogen (secondary N) is 1. The molecule has 1 aromatic heterocycles. The van der Waals surface area contributed by atoms with Crippen molar-refractivity contribution < 1.29 is 14.4 Å². The van der Waals surface area contributed by atoms with Gasteiger partial charge in [0.2, 0.25) is 5.91 Å². The van der Waals surface area contributed by atoms with Gasteiger partial charge in [0.05, 0.1) is 21.9 Å². The molecule has 0 atom stereocenters. The van der Waals surface area contributed by atoms with E-state index in [0.29, 0.717) is 21.8 Å². The molecule has 0 saturated carbocycles. The summed E-state index contributed by atoms with van der Waals surface area (Å²) in [5, 5.41) is 2.81. The number of amides is 3. The Morgan fingerprint density at radius 3 is 2.27 bits per heavy atom. The van der Waals surface area contributed by atoms with Gasteiger partial charge in [0, 0.05) is 11.6 Å². The van der Waals surface area contributed by atoms with Crippen molar-refractivity contribution in [1.82, 2.24) is 9.88 Å². The van der Waals surface area contributed by atoms with Gasteiger partial charge in [-0.15, -0.1) is 0 Å². The number of hydrogen-bond donors (Lipinski definition) is 1. The van der Waals surface area contributed by atoms with Crippen LogP contribution in [0.25, 0.3) is 0 Å². The second-order valence-electron chi connectivity index (χ2n) is 6.91. The van der Waals surface area contributed by atoms with E-state index in [0.717, 1.165) is 0 Å². The molecule has 0 spiro atoms. The minimum Gasteiger partial charge on any atom is -0.309 e. The van der Waals surface area contributed by atoms with Crippen LogP contribution < -0.4 is 5.32 Å². The third-order valence-electron chi connectivity index (χ3n) is 3.91. The van der Waals surface area contributed by atoms with Gasteiger partial charge in [0.1, 0.15) is 5.82 Å². The van der Waals surface area contributed by atoms with Crippen molar-refractivity contribution in [2.45, 2.75) is 25.7 Å². The van der Waals surface area contributed by atoms with E-state index in [-0.39, 0.29) is 23.6 Å². The minimum absolute atomic E-state index is 0.149. The van der Waals surface area contributed by atoms with Gasteiger partial charge in [-0.1, -0.05) is 44.7 Å². The Labute approximate surface area is 156 Å². The first kappa shape index (κ1) is 18.1. The average Bonchev–Trinajstić information content (AvgIpc) is 2.85. The number of aromatic nitrogens is 1. The van der Waals surface area contributed by atoms with Crippen molar-refractivity contribution in [3.63, 3.8) is 0 Å². The lowest BCUT2D eigenvalue weighted by atomic mass is 9.96. The number of rotatable bonds is 4. The number of fused-ring (bicyclic) bond motifs is 1. The number of nitrogens with zero attached hydrogens (tertiary/aromatic N) is 2. The molecule has 1 aliphatic rings. The smallest absolute Gasteiger partial charge is 0.262 e. The monoisotopic (exact) mass is 369 g/mol. The Balaban J connectivity index is 1.75. The lowest BCUT2D eigenvalue weighted by Crippen LogP contribution is -2.30. The van der Waals surface area contributed by atoms with Crippen LogP contribution in [-0.2, 0) is 4.79 Å². The van der Waals surface area contributed by atoms with Gasteiger partial charge >= 0.3 is 0 Å². The molecular formula is C19H19N3O3S. The van der Waals surface area contributed by atoms with Crippen LogP contribution >= 0.6 is 11.8 Å². The zero-order chi connectivity index (χ0) is 18.9. The Bertz CT molecular complexity index is 855. The summed E-state index contributed by atoms with van der Waals surface area (Å²) < 4.78 is 0. The number of carbonyl (C=O) groups excluding carboxylic acids is 3. The second-order valence-corrected chi connectivity index (χ2v) is 7.90. The average molecular weight is 369 g/mol. The zero-order valence-corrected chi connectivity index (χ0v) is 15.6. The first-order valence-electron chi connectivity index (χ1n) is 8.13. The maximum absolute atomic E-state index is 12.4. The van der Waals surface area contributed by atoms with Crippen LogP contribution in [0.5, 0.6) is 0 Å². The number of anilines is 1. The van der Waals surface area contributed by atoms with Crippen LogP contribution in [0.3, 0.4) is 0 Å². The van der Waals surface area contributed by atoms with Crippen molar-refractivity contribution in [1.29, 1.82) is 0 Å². The molecule has 26 heavy (non-hydrogen) atoms. The number of imide groups is 1. The van der Waals surface area contributed by atoms with Gasteiger partial charge < -0.3 is 5.32 Å². The van der Waals surface area contributed by atoms with Crippen LogP contribution in [0.1, 0.15) is 41.5 Å². The number of thioether (sulfide) groups is 1. The Hall–Kier alpha value is -2.67. The Kier molecular flexibility index (Phi) is 4.82. The molecule has 1 N–H and O–H groups in total. The molecule has 0 radical (unpaired) electrons. The molecule has 1 aliphatic heterocycles. The van der Waals surface area contributed by atoms with Gasteiger partial charge in [-0.3, -0.25) is 19.3 Å². The maximum atomic E-state index is 12.4. The van der Waals surface area contributed by atoms with Crippen LogP contribution in [0.15, 0.2) is 47.5 Å². The summed E-state index contributed by atoms with van der Waals surface area (Å²) in [4.78, 5) is 43.2. The largest absolute Gasteiger partial charge is 0.309 e. The van der Waals surface area contributed by atoms with E-state index >= 15 is 0 Å². The highest BCUT2D eigenvalue weighted by Crippen LogP contribution is 2.30. The van der Waals surface area contributed by atoms with Gasteiger partial charge in [0.25, 0.3) is 11.8 Å². The van der Waals surface area contributed by atoms with Crippen LogP contribution in [-0.4, -0.2) is 33.5 Å². The highest BCUT2D eigenvalue weighted by Gasteiger charge is 2.35. The highest BCUT2D eigenvalue weighted by atomic mass is 32.2. The molecule has 0 saturated heterocycles. The van der Waals surface area contributed by atoms with E-state index in [1.165, 1.54) is 16.7 Å². The first-order valence-corrected chi connectivity index (χ1v) is 9.12. The first-order chi connectivity index (χ1) is 12.3. The van der Waals surface area contributed by atoms with Gasteiger partial charge in [-0.05, 0) is 24.3 Å². The molecule has 1 aromatic carbocycles. The van der Waals surface area contributed by atoms with Crippen molar-refractivity contribution in [2.75, 3.05) is 11.2 Å². The minimum atomic E-state index is -0.554. The number of carbonyl (C=O) groups is 3. The van der Waals surface area contributed by atoms with E-state index in [1.807, 2.05) is 20.8 Å². The van der Waals surface area contributed by atoms with Crippen molar-refractivity contribution in [3.8, 4) is 0 Å². The highest BCUT2D eigenvalue weighted by molar-refractivity contribution is 7.99. The normalized spacial score (nSPS) is 13.7. The number of benzene rings is 1. The summed E-state index contributed by atoms with van der Waals surface area (Å²) in [6.45, 7) is 5.45. The van der Waals surface area contributed by atoms with Crippen molar-refractivity contribution in [3.05, 3.63) is 53.7 Å². The maximum Gasteiger partial charge on any atom is 0.262 e. The molecule has 7 heteroatoms. The van der Waals surface area contributed by atoms with Crippen molar-refractivity contribution >= 4 is 35.3 Å². The molecule has 0 aliphatic carbocycles. The summed E-state index contributed by atoms with van der Waals surface area (Å²) in [5.74, 6) is -0.187. The zero-order valence-electron chi connectivity index (χ0n) is 14.8. The summed E-state index contributed by atoms with van der Waals surface area (Å²) >= 11 is 1.28. The number of pyridine rings is 1. The van der Waals surface area contributed by atoms with Gasteiger partial charge in [0.15, 0.2) is 0 Å². The van der Waals surface area contributed by atoms with Gasteiger partial charge in [-0.25, -0.2) is 4.98 Å². The Morgan fingerprint density at radius 1 is 1.08 bits per heavy atom. The standard InChI is InChI=1S/C19H19N3O3S/c1-19(2,3)18(25)21-15-14(9-6-10-20-15)26-11-22-16(23)12-7-4-5-8-13(12)17(22)24/h4-10H,11H2,1-3H3,(H,20,21,25). The molecule has 0 bridgehead atoms. The van der Waals surface area contributed by atoms with Crippen LogP contribution in [0, 0.1) is 5.41 Å². The summed E-state index contributed by atoms with van der Waals surface area (Å²) in [5.41, 5.74) is 0.290. The third kappa shape index (κ3) is 3.48. The molecular weight excluding hydrogens is 350 g/mol. The quantitative estimate of drug-likeness (QED) is 0.660. The molecule has 3 amide bonds. The summed E-state index contributed by atoms with van der Waals surface area (Å²) in [6, 6.07) is 10.3. The van der Waals surface area contributed by atoms with E-state index in [1.54, 1.807) is 42.6 Å². The van der Waals surface area contributed by atoms with Crippen LogP contribution in [0.2, 0.25) is 0 Å². The van der Waals surface area contributed by atoms with E-state index in [9.17, 15) is 14.4 Å². The molecule has 2 aromatic rings. The molecule has 134 valence electrons. The molecule has 6 nitrogen and oxygen atoms in total. The molecule has 0 unspecified atom stereocenters. The molecule has 0 fully saturated rings. The SMILES string of the molecule is CC(C)(C)C(=O)Nc1ncccc1SCN1C(=O)c2ccccc2C1=O. The Morgan fingerprint density at radius 2 is 1.69 bits per heavy atom. The molecule has 3 rings (SSSR count). The molecule has 2 heterocycles. The predicted molar refractivity (Wildman–Crippen MR) is 100.0 cm³/mol. The lowest BCUT2D eigenvalue weighted by molar-refractivity contribution is -0.123. The van der Waals surface area contributed by atoms with Crippen molar-refractivity contribution in [2.24, 2.45) is 5.41 Å². The van der Waals surface area contributed by atoms with Crippen LogP contribution in [0.4, 0.5) is 5.82 Å². The van der Waals surface area contributed by atoms with E-state index in [2.05, 4.69) is 10.3 Å². The fourth-order valence-electron chi connectivity index (χ4n) is 2.39. The number of hydrogen-bond acceptors (Lipinski definition) is 5. The fraction of sp³-hybridized carbons (Fsp3) is 0.263. The summed E-state index contributed by atoms with van der Waals surface area (Å²) in [7, 11) is 0. The van der Waals surface area contributed by atoms with E-state index in [4.69, 9.17) is 0 Å². The lowest BCUT2D eigenvalue weighted by Gasteiger charge is -2.19. The summed E-state index contributed by atoms with van der Waals surface area (Å²) in [6.07, 6.45) is 1.59.